The van der Waals surface area contributed by atoms with Gasteiger partial charge >= 0.3 is 5.97 Å². The van der Waals surface area contributed by atoms with Crippen molar-refractivity contribution in [2.24, 2.45) is 0 Å². The first-order valence-electron chi connectivity index (χ1n) is 5.00. The minimum atomic E-state index is -0.274. The first-order chi connectivity index (χ1) is 6.91. The van der Waals surface area contributed by atoms with Crippen LogP contribution >= 0.6 is 15.9 Å². The molecule has 1 rings (SSSR count). The van der Waals surface area contributed by atoms with Crippen LogP contribution in [0.1, 0.15) is 44.2 Å². The van der Waals surface area contributed by atoms with E-state index in [0.29, 0.717) is 5.69 Å². The number of esters is 1. The Morgan fingerprint density at radius 1 is 1.40 bits per heavy atom. The summed E-state index contributed by atoms with van der Waals surface area (Å²) in [6.45, 7) is 7.74. The second-order valence-electron chi connectivity index (χ2n) is 4.00. The van der Waals surface area contributed by atoms with E-state index >= 15 is 0 Å². The van der Waals surface area contributed by atoms with Crippen LogP contribution in [-0.2, 0) is 4.74 Å². The maximum atomic E-state index is 11.7. The molecule has 0 radical (unpaired) electrons. The number of halogens is 1. The molecule has 1 aromatic heterocycles. The molecule has 4 heteroatoms. The van der Waals surface area contributed by atoms with Gasteiger partial charge in [0.25, 0.3) is 0 Å². The average Bonchev–Trinajstić information content (AvgIpc) is 2.46. The second kappa shape index (κ2) is 4.84. The molecule has 0 saturated heterocycles. The van der Waals surface area contributed by atoms with Crippen LogP contribution in [0.3, 0.4) is 0 Å². The lowest BCUT2D eigenvalue weighted by molar-refractivity contribution is 0.0363. The van der Waals surface area contributed by atoms with E-state index in [1.54, 1.807) is 6.07 Å². The van der Waals surface area contributed by atoms with Crippen LogP contribution in [0.2, 0.25) is 0 Å². The van der Waals surface area contributed by atoms with Gasteiger partial charge in [0, 0.05) is 16.7 Å². The van der Waals surface area contributed by atoms with Crippen molar-refractivity contribution < 1.29 is 9.53 Å². The number of nitrogens with zero attached hydrogens (tertiary/aromatic N) is 1. The molecule has 1 aromatic rings. The van der Waals surface area contributed by atoms with Gasteiger partial charge in [-0.05, 0) is 49.7 Å². The molecule has 0 N–H and O–H groups in total. The van der Waals surface area contributed by atoms with Gasteiger partial charge in [0.05, 0.1) is 6.10 Å². The van der Waals surface area contributed by atoms with E-state index in [1.165, 1.54) is 0 Å². The summed E-state index contributed by atoms with van der Waals surface area (Å²) in [5.74, 6) is -0.274. The Kier molecular flexibility index (Phi) is 3.97. The molecule has 1 heterocycles. The Morgan fingerprint density at radius 2 is 2.00 bits per heavy atom. The maximum absolute atomic E-state index is 11.7. The van der Waals surface area contributed by atoms with E-state index in [-0.39, 0.29) is 18.1 Å². The van der Waals surface area contributed by atoms with Gasteiger partial charge < -0.3 is 9.30 Å². The third-order valence-electron chi connectivity index (χ3n) is 1.92. The fourth-order valence-electron chi connectivity index (χ4n) is 1.31. The predicted molar refractivity (Wildman–Crippen MR) is 63.1 cm³/mol. The van der Waals surface area contributed by atoms with Crippen LogP contribution in [0.15, 0.2) is 16.7 Å². The molecule has 0 aliphatic carbocycles. The van der Waals surface area contributed by atoms with Crippen LogP contribution in [0.4, 0.5) is 0 Å². The quantitative estimate of drug-likeness (QED) is 0.791. The van der Waals surface area contributed by atoms with Crippen LogP contribution in [0.5, 0.6) is 0 Å². The molecule has 0 amide bonds. The number of hydrogen-bond acceptors (Lipinski definition) is 2. The lowest BCUT2D eigenvalue weighted by atomic mass is 10.3. The van der Waals surface area contributed by atoms with Gasteiger partial charge in [-0.2, -0.15) is 0 Å². The molecule has 0 atom stereocenters. The normalized spacial score (nSPS) is 11.1. The molecule has 0 unspecified atom stereocenters. The summed E-state index contributed by atoms with van der Waals surface area (Å²) in [5.41, 5.74) is 0.588. The standard InChI is InChI=1S/C11H16BrNO2/c1-7(2)13-6-9(12)5-10(13)11(14)15-8(3)4/h5-8H,1-4H3. The molecule has 0 fully saturated rings. The first kappa shape index (κ1) is 12.3. The third-order valence-corrected chi connectivity index (χ3v) is 2.36. The summed E-state index contributed by atoms with van der Waals surface area (Å²) in [4.78, 5) is 11.7. The van der Waals surface area contributed by atoms with Gasteiger partial charge in [-0.3, -0.25) is 0 Å². The molecule has 0 aromatic carbocycles. The SMILES string of the molecule is CC(C)OC(=O)c1cc(Br)cn1C(C)C. The molecular weight excluding hydrogens is 258 g/mol. The average molecular weight is 274 g/mol. The smallest absolute Gasteiger partial charge is 0.355 e. The van der Waals surface area contributed by atoms with Crippen LogP contribution in [0.25, 0.3) is 0 Å². The van der Waals surface area contributed by atoms with Crippen molar-refractivity contribution in [1.29, 1.82) is 0 Å². The lowest BCUT2D eigenvalue weighted by Gasteiger charge is -2.13. The number of aromatic nitrogens is 1. The van der Waals surface area contributed by atoms with Gasteiger partial charge in [-0.1, -0.05) is 0 Å². The number of rotatable bonds is 3. The van der Waals surface area contributed by atoms with Gasteiger partial charge in [0.15, 0.2) is 0 Å². The Labute approximate surface area is 98.5 Å². The fraction of sp³-hybridized carbons (Fsp3) is 0.545. The molecule has 0 bridgehead atoms. The van der Waals surface area contributed by atoms with Crippen LogP contribution < -0.4 is 0 Å². The van der Waals surface area contributed by atoms with E-state index in [0.717, 1.165) is 4.47 Å². The number of carbonyl (C=O) groups is 1. The Bertz CT molecular complexity index is 355. The maximum Gasteiger partial charge on any atom is 0.355 e. The van der Waals surface area contributed by atoms with Gasteiger partial charge in [0.1, 0.15) is 5.69 Å². The van der Waals surface area contributed by atoms with Crippen molar-refractivity contribution in [2.75, 3.05) is 0 Å². The van der Waals surface area contributed by atoms with E-state index in [4.69, 9.17) is 4.74 Å². The second-order valence-corrected chi connectivity index (χ2v) is 4.91. The number of carbonyl (C=O) groups excluding carboxylic acids is 1. The van der Waals surface area contributed by atoms with Gasteiger partial charge in [-0.25, -0.2) is 4.79 Å². The Hall–Kier alpha value is -0.770. The molecule has 84 valence electrons. The minimum Gasteiger partial charge on any atom is -0.458 e. The van der Waals surface area contributed by atoms with Gasteiger partial charge in [-0.15, -0.1) is 0 Å². The highest BCUT2D eigenvalue weighted by atomic mass is 79.9. The highest BCUT2D eigenvalue weighted by Crippen LogP contribution is 2.20. The predicted octanol–water partition coefficient (Wildman–Crippen LogP) is 3.40. The summed E-state index contributed by atoms with van der Waals surface area (Å²) in [7, 11) is 0. The third kappa shape index (κ3) is 3.09. The molecule has 0 aliphatic rings. The fourth-order valence-corrected chi connectivity index (χ4v) is 1.75. The molecule has 3 nitrogen and oxygen atoms in total. The van der Waals surface area contributed by atoms with Crippen molar-refractivity contribution in [3.63, 3.8) is 0 Å². The van der Waals surface area contributed by atoms with E-state index in [2.05, 4.69) is 15.9 Å². The zero-order chi connectivity index (χ0) is 11.6. The molecule has 0 saturated carbocycles. The van der Waals surface area contributed by atoms with Gasteiger partial charge in [0.2, 0.25) is 0 Å². The Balaban J connectivity index is 2.97. The highest BCUT2D eigenvalue weighted by molar-refractivity contribution is 9.10. The van der Waals surface area contributed by atoms with Crippen molar-refractivity contribution in [2.45, 2.75) is 39.8 Å². The van der Waals surface area contributed by atoms with E-state index in [9.17, 15) is 4.79 Å². The summed E-state index contributed by atoms with van der Waals surface area (Å²) >= 11 is 3.36. The number of hydrogen-bond donors (Lipinski definition) is 0. The number of ether oxygens (including phenoxy) is 1. The highest BCUT2D eigenvalue weighted by Gasteiger charge is 2.16. The Morgan fingerprint density at radius 3 is 2.47 bits per heavy atom. The summed E-state index contributed by atoms with van der Waals surface area (Å²) < 4.78 is 7.95. The zero-order valence-corrected chi connectivity index (χ0v) is 11.0. The lowest BCUT2D eigenvalue weighted by Crippen LogP contribution is -2.16. The monoisotopic (exact) mass is 273 g/mol. The summed E-state index contributed by atoms with van der Waals surface area (Å²) in [6, 6.07) is 2.02. The van der Waals surface area contributed by atoms with E-state index in [1.807, 2.05) is 38.5 Å². The zero-order valence-electron chi connectivity index (χ0n) is 9.45. The molecular formula is C11H16BrNO2. The minimum absolute atomic E-state index is 0.0909. The van der Waals surface area contributed by atoms with Crippen molar-refractivity contribution in [1.82, 2.24) is 4.57 Å². The molecule has 0 spiro atoms. The topological polar surface area (TPSA) is 31.2 Å². The molecule has 0 aliphatic heterocycles. The van der Waals surface area contributed by atoms with Crippen LogP contribution in [0, 0.1) is 0 Å². The summed E-state index contributed by atoms with van der Waals surface area (Å²) in [6.07, 6.45) is 1.80. The first-order valence-corrected chi connectivity index (χ1v) is 5.79. The summed E-state index contributed by atoms with van der Waals surface area (Å²) in [5, 5.41) is 0. The van der Waals surface area contributed by atoms with E-state index < -0.39 is 0 Å². The van der Waals surface area contributed by atoms with Crippen molar-refractivity contribution in [3.05, 3.63) is 22.4 Å². The van der Waals surface area contributed by atoms with Crippen molar-refractivity contribution in [3.8, 4) is 0 Å². The van der Waals surface area contributed by atoms with Crippen LogP contribution in [-0.4, -0.2) is 16.6 Å². The largest absolute Gasteiger partial charge is 0.458 e. The van der Waals surface area contributed by atoms with Crippen molar-refractivity contribution >= 4 is 21.9 Å². The molecule has 15 heavy (non-hydrogen) atoms.